The average molecular weight is 693 g/mol. The van der Waals surface area contributed by atoms with Crippen LogP contribution in [0.2, 0.25) is 5.02 Å². The van der Waals surface area contributed by atoms with Gasteiger partial charge < -0.3 is 19.1 Å². The van der Waals surface area contributed by atoms with Crippen LogP contribution in [0.4, 0.5) is 0 Å². The number of aromatic amines is 1. The highest BCUT2D eigenvalue weighted by Crippen LogP contribution is 2.46. The van der Waals surface area contributed by atoms with Gasteiger partial charge in [-0.25, -0.2) is 9.36 Å². The summed E-state index contributed by atoms with van der Waals surface area (Å²) in [4.78, 5) is 41.1. The number of carbonyl (C=O) groups is 1. The molecule has 0 bridgehead atoms. The lowest BCUT2D eigenvalue weighted by Crippen LogP contribution is -2.39. The molecule has 2 unspecified atom stereocenters. The summed E-state index contributed by atoms with van der Waals surface area (Å²) in [6.45, 7) is 5.58. The van der Waals surface area contributed by atoms with Crippen molar-refractivity contribution < 1.29 is 33.0 Å². The number of aliphatic hydroxyl groups excluding tert-OH is 1. The van der Waals surface area contributed by atoms with E-state index in [0.717, 1.165) is 11.0 Å². The minimum atomic E-state index is -4.28. The van der Waals surface area contributed by atoms with Crippen LogP contribution in [0.5, 0.6) is 5.75 Å². The van der Waals surface area contributed by atoms with E-state index in [1.54, 1.807) is 12.1 Å². The van der Waals surface area contributed by atoms with Crippen molar-refractivity contribution in [1.29, 1.82) is 0 Å². The van der Waals surface area contributed by atoms with E-state index in [0.29, 0.717) is 11.4 Å². The van der Waals surface area contributed by atoms with E-state index in [9.17, 15) is 24.1 Å². The molecule has 1 aromatic heterocycles. The second kappa shape index (κ2) is 16.0. The van der Waals surface area contributed by atoms with Crippen molar-refractivity contribution in [2.24, 2.45) is 5.92 Å². The molecular formula is C27H36BrClN3O9P. The molecule has 2 aromatic rings. The lowest BCUT2D eigenvalue weighted by atomic mass is 10.1. The van der Waals surface area contributed by atoms with Crippen LogP contribution in [-0.4, -0.2) is 52.1 Å². The third-order valence-corrected chi connectivity index (χ3v) is 8.33. The predicted octanol–water partition coefficient (Wildman–Crippen LogP) is 4.76. The maximum absolute atomic E-state index is 14.1. The van der Waals surface area contributed by atoms with Crippen molar-refractivity contribution in [3.8, 4) is 5.75 Å². The number of nitrogens with one attached hydrogen (secondary N) is 2. The van der Waals surface area contributed by atoms with Crippen LogP contribution >= 0.6 is 35.3 Å². The fraction of sp³-hybridized carbons (Fsp3) is 0.519. The molecule has 3 rings (SSSR count). The van der Waals surface area contributed by atoms with Crippen molar-refractivity contribution in [2.75, 3.05) is 13.2 Å². The Labute approximate surface area is 257 Å². The van der Waals surface area contributed by atoms with Crippen LogP contribution in [0.1, 0.15) is 58.2 Å². The van der Waals surface area contributed by atoms with Gasteiger partial charge in [-0.15, -0.1) is 0 Å². The van der Waals surface area contributed by atoms with Crippen LogP contribution < -0.4 is 20.9 Å². The summed E-state index contributed by atoms with van der Waals surface area (Å²) in [6, 6.07) is 5.07. The average Bonchev–Trinajstić information content (AvgIpc) is 3.30. The highest BCUT2D eigenvalue weighted by Gasteiger charge is 2.40. The van der Waals surface area contributed by atoms with Crippen LogP contribution in [0.25, 0.3) is 6.08 Å². The highest BCUT2D eigenvalue weighted by atomic mass is 79.9. The minimum Gasteiger partial charge on any atom is -0.465 e. The molecule has 42 heavy (non-hydrogen) atoms. The van der Waals surface area contributed by atoms with Gasteiger partial charge in [0.25, 0.3) is 5.56 Å². The van der Waals surface area contributed by atoms with E-state index in [1.807, 2.05) is 20.8 Å². The monoisotopic (exact) mass is 691 g/mol. The van der Waals surface area contributed by atoms with E-state index in [1.165, 1.54) is 29.4 Å². The number of ether oxygens (including phenoxy) is 2. The molecule has 0 aliphatic carbocycles. The quantitative estimate of drug-likeness (QED) is 0.135. The summed E-state index contributed by atoms with van der Waals surface area (Å²) in [7, 11) is -4.28. The predicted molar refractivity (Wildman–Crippen MR) is 162 cm³/mol. The Morgan fingerprint density at radius 1 is 1.33 bits per heavy atom. The van der Waals surface area contributed by atoms with Gasteiger partial charge >= 0.3 is 19.4 Å². The number of hydrogen-bond donors (Lipinski definition) is 3. The molecule has 1 aromatic carbocycles. The van der Waals surface area contributed by atoms with Crippen molar-refractivity contribution in [3.63, 3.8) is 0 Å². The molecule has 2 heterocycles. The standard InChI is InChI=1S/C27H36BrClN3O9P/c1-4-5-12-38-26(35)21(13-17(2)3)31-42(37,41-20-8-6-19(29)7-9-20)39-16-23-22(33)14-24(40-23)32-15-18(10-11-28)25(34)30-27(32)36/h6-11,15,17,21-24,33H,4-5,12-14,16H2,1-3H3,(H,31,37)(H,30,34,36)/b11-10+/t21-,22?,23+,24+,42?/m0/s1. The summed E-state index contributed by atoms with van der Waals surface area (Å²) in [5.74, 6) is -0.398. The number of rotatable bonds is 15. The lowest BCUT2D eigenvalue weighted by Gasteiger charge is -2.27. The van der Waals surface area contributed by atoms with Gasteiger partial charge in [0.05, 0.1) is 24.9 Å². The molecule has 1 saturated heterocycles. The Kier molecular flexibility index (Phi) is 13.0. The Hall–Kier alpha value is -2.25. The Morgan fingerprint density at radius 3 is 2.69 bits per heavy atom. The Bertz CT molecular complexity index is 1380. The largest absolute Gasteiger partial charge is 0.465 e. The van der Waals surface area contributed by atoms with Gasteiger partial charge in [-0.1, -0.05) is 54.7 Å². The highest BCUT2D eigenvalue weighted by molar-refractivity contribution is 9.11. The maximum atomic E-state index is 14.1. The lowest BCUT2D eigenvalue weighted by molar-refractivity contribution is -0.146. The maximum Gasteiger partial charge on any atom is 0.459 e. The molecule has 0 radical (unpaired) electrons. The molecule has 0 saturated carbocycles. The van der Waals surface area contributed by atoms with E-state index >= 15 is 0 Å². The first kappa shape index (κ1) is 34.2. The molecule has 232 valence electrons. The summed E-state index contributed by atoms with van der Waals surface area (Å²) in [6.07, 6.45) is 1.49. The molecule has 3 N–H and O–H groups in total. The summed E-state index contributed by atoms with van der Waals surface area (Å²) < 4.78 is 38.0. The van der Waals surface area contributed by atoms with Crippen molar-refractivity contribution in [2.45, 2.75) is 70.9 Å². The first-order valence-corrected chi connectivity index (χ1v) is 16.4. The molecule has 12 nitrogen and oxygen atoms in total. The van der Waals surface area contributed by atoms with Gasteiger partial charge in [-0.3, -0.25) is 23.7 Å². The number of carbonyl (C=O) groups excluding carboxylic acids is 1. The van der Waals surface area contributed by atoms with Gasteiger partial charge in [-0.2, -0.15) is 5.09 Å². The minimum absolute atomic E-state index is 0.00700. The van der Waals surface area contributed by atoms with Gasteiger partial charge in [0.15, 0.2) is 0 Å². The number of unbranched alkanes of at least 4 members (excludes halogenated alkanes) is 1. The van der Waals surface area contributed by atoms with Crippen molar-refractivity contribution >= 4 is 47.3 Å². The summed E-state index contributed by atoms with van der Waals surface area (Å²) >= 11 is 9.07. The van der Waals surface area contributed by atoms with E-state index in [2.05, 4.69) is 26.0 Å². The third-order valence-electron chi connectivity index (χ3n) is 6.25. The van der Waals surface area contributed by atoms with Gasteiger partial charge in [0.1, 0.15) is 24.1 Å². The zero-order valence-corrected chi connectivity index (χ0v) is 26.8. The summed E-state index contributed by atoms with van der Waals surface area (Å²) in [5, 5.41) is 13.9. The smallest absolute Gasteiger partial charge is 0.459 e. The van der Waals surface area contributed by atoms with Gasteiger partial charge in [-0.05, 0) is 54.1 Å². The molecule has 0 spiro atoms. The second-order valence-electron chi connectivity index (χ2n) is 10.1. The number of nitrogens with zero attached hydrogens (tertiary/aromatic N) is 1. The number of H-pyrrole nitrogens is 1. The Morgan fingerprint density at radius 2 is 2.05 bits per heavy atom. The van der Waals surface area contributed by atoms with Gasteiger partial charge in [0.2, 0.25) is 0 Å². The molecular weight excluding hydrogens is 657 g/mol. The zero-order valence-electron chi connectivity index (χ0n) is 23.5. The van der Waals surface area contributed by atoms with E-state index in [-0.39, 0.29) is 36.7 Å². The molecule has 1 aliphatic heterocycles. The van der Waals surface area contributed by atoms with E-state index in [4.69, 9.17) is 30.1 Å². The third kappa shape index (κ3) is 9.90. The van der Waals surface area contributed by atoms with Crippen molar-refractivity contribution in [1.82, 2.24) is 14.6 Å². The number of hydrogen-bond acceptors (Lipinski definition) is 9. The number of benzene rings is 1. The first-order valence-electron chi connectivity index (χ1n) is 13.5. The SMILES string of the molecule is CCCCOC(=O)[C@H](CC(C)C)NP(=O)(OC[C@H]1O[C@@H](n2cc(/C=C/Br)c(=O)[nH]c2=O)CC1O)Oc1ccc(Cl)cc1. The fourth-order valence-electron chi connectivity index (χ4n) is 4.11. The normalized spacial score (nSPS) is 21.0. The van der Waals surface area contributed by atoms with Gasteiger partial charge in [0, 0.05) is 17.6 Å². The second-order valence-corrected chi connectivity index (χ2v) is 12.8. The van der Waals surface area contributed by atoms with Crippen LogP contribution in [0.3, 0.4) is 0 Å². The Balaban J connectivity index is 1.81. The first-order chi connectivity index (χ1) is 19.9. The number of aliphatic hydroxyl groups is 1. The zero-order chi connectivity index (χ0) is 30.9. The van der Waals surface area contributed by atoms with Crippen LogP contribution in [-0.2, 0) is 23.4 Å². The number of halogens is 2. The fourth-order valence-corrected chi connectivity index (χ4v) is 6.04. The molecule has 0 amide bonds. The van der Waals surface area contributed by atoms with Crippen LogP contribution in [0, 0.1) is 5.92 Å². The van der Waals surface area contributed by atoms with Crippen molar-refractivity contribution in [3.05, 3.63) is 66.9 Å². The molecule has 15 heteroatoms. The molecule has 1 fully saturated rings. The summed E-state index contributed by atoms with van der Waals surface area (Å²) in [5.41, 5.74) is -1.11. The van der Waals surface area contributed by atoms with Crippen LogP contribution in [0.15, 0.2) is 45.0 Å². The topological polar surface area (TPSA) is 158 Å². The number of esters is 1. The number of aromatic nitrogens is 2. The molecule has 1 aliphatic rings. The molecule has 5 atom stereocenters. The van der Waals surface area contributed by atoms with E-state index < -0.39 is 56.0 Å².